The van der Waals surface area contributed by atoms with Crippen LogP contribution in [-0.2, 0) is 6.42 Å². The summed E-state index contributed by atoms with van der Waals surface area (Å²) in [5.74, 6) is 0.535. The third-order valence-corrected chi connectivity index (χ3v) is 4.96. The summed E-state index contributed by atoms with van der Waals surface area (Å²) in [7, 11) is 0. The molecule has 3 rings (SSSR count). The third kappa shape index (κ3) is 1.62. The van der Waals surface area contributed by atoms with Gasteiger partial charge in [-0.3, -0.25) is 4.79 Å². The van der Waals surface area contributed by atoms with Gasteiger partial charge in [-0.15, -0.1) is 11.3 Å². The fourth-order valence-electron chi connectivity index (χ4n) is 3.06. The van der Waals surface area contributed by atoms with Gasteiger partial charge in [0.25, 0.3) is 5.56 Å². The molecule has 0 saturated heterocycles. The third-order valence-electron chi connectivity index (χ3n) is 3.59. The minimum atomic E-state index is 0.0115. The molecule has 0 amide bonds. The molecule has 2 heterocycles. The van der Waals surface area contributed by atoms with E-state index in [2.05, 4.69) is 30.7 Å². The van der Waals surface area contributed by atoms with E-state index in [-0.39, 0.29) is 11.0 Å². The van der Waals surface area contributed by atoms with Crippen molar-refractivity contribution in [2.75, 3.05) is 0 Å². The molecule has 0 saturated carbocycles. The fourth-order valence-corrected chi connectivity index (χ4v) is 4.28. The number of thiophene rings is 1. The van der Waals surface area contributed by atoms with Crippen molar-refractivity contribution in [1.29, 1.82) is 0 Å². The molecule has 1 N–H and O–H groups in total. The van der Waals surface area contributed by atoms with Crippen LogP contribution in [0.5, 0.6) is 0 Å². The van der Waals surface area contributed by atoms with E-state index in [1.807, 2.05) is 0 Å². The number of fused-ring (bicyclic) bond motifs is 3. The van der Waals surface area contributed by atoms with E-state index in [1.54, 1.807) is 11.3 Å². The van der Waals surface area contributed by atoms with E-state index in [9.17, 15) is 4.79 Å². The molecular formula is C13H16N2OS. The van der Waals surface area contributed by atoms with Crippen LogP contribution in [0.2, 0.25) is 0 Å². The average molecular weight is 248 g/mol. The van der Waals surface area contributed by atoms with Crippen molar-refractivity contribution in [3.8, 4) is 0 Å². The van der Waals surface area contributed by atoms with Crippen LogP contribution < -0.4 is 5.56 Å². The normalized spacial score (nSPS) is 22.6. The first-order chi connectivity index (χ1) is 7.98. The van der Waals surface area contributed by atoms with Crippen molar-refractivity contribution < 1.29 is 0 Å². The van der Waals surface area contributed by atoms with Crippen LogP contribution in [-0.4, -0.2) is 9.97 Å². The molecule has 0 spiro atoms. The van der Waals surface area contributed by atoms with Gasteiger partial charge in [0, 0.05) is 4.88 Å². The van der Waals surface area contributed by atoms with Crippen LogP contribution >= 0.6 is 11.3 Å². The second kappa shape index (κ2) is 3.42. The molecule has 17 heavy (non-hydrogen) atoms. The average Bonchev–Trinajstić information content (AvgIpc) is 2.56. The van der Waals surface area contributed by atoms with E-state index in [4.69, 9.17) is 0 Å². The molecule has 0 radical (unpaired) electrons. The molecule has 1 atom stereocenters. The number of rotatable bonds is 0. The lowest BCUT2D eigenvalue weighted by Crippen LogP contribution is -2.24. The van der Waals surface area contributed by atoms with Gasteiger partial charge in [-0.05, 0) is 29.7 Å². The van der Waals surface area contributed by atoms with Gasteiger partial charge < -0.3 is 4.98 Å². The molecule has 3 nitrogen and oxygen atoms in total. The van der Waals surface area contributed by atoms with Gasteiger partial charge in [0.15, 0.2) is 0 Å². The Morgan fingerprint density at radius 3 is 3.06 bits per heavy atom. The Bertz CT molecular complexity index is 638. The lowest BCUT2D eigenvalue weighted by Gasteiger charge is -2.33. The number of hydrogen-bond acceptors (Lipinski definition) is 3. The van der Waals surface area contributed by atoms with Gasteiger partial charge in [-0.1, -0.05) is 20.8 Å². The Balaban J connectivity index is 2.35. The van der Waals surface area contributed by atoms with E-state index < -0.39 is 0 Å². The molecule has 1 aliphatic carbocycles. The molecule has 0 aromatic carbocycles. The number of hydrogen-bond donors (Lipinski definition) is 1. The Labute approximate surface area is 104 Å². The maximum absolute atomic E-state index is 11.9. The van der Waals surface area contributed by atoms with Crippen LogP contribution in [0, 0.1) is 5.41 Å². The Morgan fingerprint density at radius 2 is 2.29 bits per heavy atom. The lowest BCUT2D eigenvalue weighted by molar-refractivity contribution is 0.292. The number of nitrogens with zero attached hydrogens (tertiary/aromatic N) is 1. The van der Waals surface area contributed by atoms with Crippen molar-refractivity contribution in [1.82, 2.24) is 9.97 Å². The number of aromatic amines is 1. The Hall–Kier alpha value is -1.16. The summed E-state index contributed by atoms with van der Waals surface area (Å²) in [5, 5.41) is 0.826. The topological polar surface area (TPSA) is 45.8 Å². The van der Waals surface area contributed by atoms with Crippen molar-refractivity contribution in [3.05, 3.63) is 27.1 Å². The van der Waals surface area contributed by atoms with Crippen LogP contribution in [0.25, 0.3) is 10.2 Å². The molecule has 2 aromatic heterocycles. The first-order valence-electron chi connectivity index (χ1n) is 5.97. The number of H-pyrrole nitrogens is 1. The zero-order valence-corrected chi connectivity index (χ0v) is 11.1. The van der Waals surface area contributed by atoms with E-state index in [1.165, 1.54) is 23.2 Å². The van der Waals surface area contributed by atoms with Gasteiger partial charge in [0.2, 0.25) is 0 Å². The van der Waals surface area contributed by atoms with Gasteiger partial charge in [0.1, 0.15) is 4.83 Å². The molecule has 0 bridgehead atoms. The summed E-state index contributed by atoms with van der Waals surface area (Å²) in [6, 6.07) is 0. The molecule has 0 fully saturated rings. The highest BCUT2D eigenvalue weighted by molar-refractivity contribution is 7.18. The van der Waals surface area contributed by atoms with E-state index in [0.717, 1.165) is 16.6 Å². The largest absolute Gasteiger partial charge is 0.313 e. The highest BCUT2D eigenvalue weighted by Crippen LogP contribution is 2.46. The first-order valence-corrected chi connectivity index (χ1v) is 6.78. The summed E-state index contributed by atoms with van der Waals surface area (Å²) in [5.41, 5.74) is 1.53. The zero-order valence-electron chi connectivity index (χ0n) is 10.3. The van der Waals surface area contributed by atoms with Gasteiger partial charge >= 0.3 is 0 Å². The van der Waals surface area contributed by atoms with Crippen LogP contribution in [0.1, 0.15) is 43.6 Å². The highest BCUT2D eigenvalue weighted by atomic mass is 32.1. The minimum Gasteiger partial charge on any atom is -0.313 e. The maximum Gasteiger partial charge on any atom is 0.259 e. The zero-order chi connectivity index (χ0) is 12.2. The summed E-state index contributed by atoms with van der Waals surface area (Å²) >= 11 is 1.69. The monoisotopic (exact) mass is 248 g/mol. The Morgan fingerprint density at radius 1 is 1.53 bits per heavy atom. The van der Waals surface area contributed by atoms with Crippen LogP contribution in [0.4, 0.5) is 0 Å². The molecule has 90 valence electrons. The quantitative estimate of drug-likeness (QED) is 0.778. The molecular weight excluding hydrogens is 232 g/mol. The van der Waals surface area contributed by atoms with Crippen molar-refractivity contribution in [3.63, 3.8) is 0 Å². The predicted octanol–water partition coefficient (Wildman–Crippen LogP) is 3.06. The van der Waals surface area contributed by atoms with Crippen LogP contribution in [0.15, 0.2) is 11.1 Å². The summed E-state index contributed by atoms with van der Waals surface area (Å²) in [4.78, 5) is 21.2. The number of aromatic nitrogens is 2. The van der Waals surface area contributed by atoms with Crippen molar-refractivity contribution >= 4 is 21.6 Å². The molecule has 1 aliphatic rings. The number of nitrogens with one attached hydrogen (secondary N) is 1. The van der Waals surface area contributed by atoms with Crippen LogP contribution in [0.3, 0.4) is 0 Å². The van der Waals surface area contributed by atoms with Crippen molar-refractivity contribution in [2.45, 2.75) is 39.5 Å². The molecule has 1 unspecified atom stereocenters. The van der Waals surface area contributed by atoms with Crippen molar-refractivity contribution in [2.24, 2.45) is 5.41 Å². The smallest absolute Gasteiger partial charge is 0.259 e. The second-order valence-electron chi connectivity index (χ2n) is 5.80. The molecule has 4 heteroatoms. The summed E-state index contributed by atoms with van der Waals surface area (Å²) in [6.07, 6.45) is 3.68. The molecule has 2 aromatic rings. The summed E-state index contributed by atoms with van der Waals surface area (Å²) < 4.78 is 0. The minimum absolute atomic E-state index is 0.0115. The van der Waals surface area contributed by atoms with Gasteiger partial charge in [-0.25, -0.2) is 4.98 Å². The predicted molar refractivity (Wildman–Crippen MR) is 70.8 cm³/mol. The standard InChI is InChI=1S/C13H16N2OS/c1-7-4-13(2,3)5-8-9-11(16)14-6-15-12(9)17-10(7)8/h6-7H,4-5H2,1-3H3,(H,14,15,16). The highest BCUT2D eigenvalue weighted by Gasteiger charge is 2.33. The maximum atomic E-state index is 11.9. The summed E-state index contributed by atoms with van der Waals surface area (Å²) in [6.45, 7) is 6.81. The molecule has 0 aliphatic heterocycles. The lowest BCUT2D eigenvalue weighted by atomic mass is 9.72. The van der Waals surface area contributed by atoms with E-state index in [0.29, 0.717) is 5.92 Å². The SMILES string of the molecule is CC1CC(C)(C)Cc2c1sc1nc[nH]c(=O)c21. The first kappa shape index (κ1) is 11.0. The Kier molecular flexibility index (Phi) is 2.20. The second-order valence-corrected chi connectivity index (χ2v) is 6.83. The van der Waals surface area contributed by atoms with E-state index >= 15 is 0 Å². The fraction of sp³-hybridized carbons (Fsp3) is 0.538. The van der Waals surface area contributed by atoms with Gasteiger partial charge in [-0.2, -0.15) is 0 Å². The van der Waals surface area contributed by atoms with Gasteiger partial charge in [0.05, 0.1) is 11.7 Å².